The Morgan fingerprint density at radius 2 is 1.81 bits per heavy atom. The van der Waals surface area contributed by atoms with Crippen molar-refractivity contribution in [3.05, 3.63) is 64.7 Å². The third kappa shape index (κ3) is 7.13. The minimum absolute atomic E-state index is 0.00755. The van der Waals surface area contributed by atoms with Crippen LogP contribution in [0.5, 0.6) is 0 Å². The molecule has 0 bridgehead atoms. The van der Waals surface area contributed by atoms with Crippen molar-refractivity contribution in [3.63, 3.8) is 0 Å². The molecular weight excluding hydrogens is 598 g/mol. The lowest BCUT2D eigenvalue weighted by atomic mass is 9.57. The summed E-state index contributed by atoms with van der Waals surface area (Å²) in [5.74, 6) is 0.473. The molecule has 8 nitrogen and oxygen atoms in total. The predicted molar refractivity (Wildman–Crippen MR) is 179 cm³/mol. The van der Waals surface area contributed by atoms with E-state index in [0.717, 1.165) is 95.6 Å². The molecule has 254 valence electrons. The zero-order chi connectivity index (χ0) is 33.1. The van der Waals surface area contributed by atoms with Crippen molar-refractivity contribution in [2.75, 3.05) is 78.5 Å². The quantitative estimate of drug-likeness (QED) is 0.359. The molecule has 3 saturated heterocycles. The van der Waals surface area contributed by atoms with Gasteiger partial charge in [0, 0.05) is 50.1 Å². The zero-order valence-electron chi connectivity index (χ0n) is 28.2. The van der Waals surface area contributed by atoms with Gasteiger partial charge in [0.15, 0.2) is 0 Å². The van der Waals surface area contributed by atoms with Gasteiger partial charge in [-0.25, -0.2) is 13.6 Å². The normalized spacial score (nSPS) is 24.0. The Hall–Kier alpha value is -3.26. The molecule has 3 atom stereocenters. The number of alkyl carbamates (subject to hydrolysis) is 1. The number of carbonyl (C=O) groups is 1. The average Bonchev–Trinajstić information content (AvgIpc) is 3.47. The molecule has 4 fully saturated rings. The summed E-state index contributed by atoms with van der Waals surface area (Å²) in [6, 6.07) is 12.6. The molecule has 4 aliphatic rings. The van der Waals surface area contributed by atoms with E-state index in [0.29, 0.717) is 29.6 Å². The predicted octanol–water partition coefficient (Wildman–Crippen LogP) is 5.21. The molecule has 1 amide bonds. The van der Waals surface area contributed by atoms with Gasteiger partial charge in [0.05, 0.1) is 24.4 Å². The van der Waals surface area contributed by atoms with Crippen molar-refractivity contribution < 1.29 is 18.3 Å². The summed E-state index contributed by atoms with van der Waals surface area (Å²) >= 11 is 0. The third-order valence-corrected chi connectivity index (χ3v) is 11.4. The van der Waals surface area contributed by atoms with E-state index in [9.17, 15) is 14.4 Å². The zero-order valence-corrected chi connectivity index (χ0v) is 28.2. The van der Waals surface area contributed by atoms with Crippen LogP contribution in [0.15, 0.2) is 36.4 Å². The van der Waals surface area contributed by atoms with Crippen LogP contribution in [0.2, 0.25) is 0 Å². The van der Waals surface area contributed by atoms with Crippen LogP contribution in [0.25, 0.3) is 0 Å². The topological polar surface area (TPSA) is 75.1 Å². The molecule has 10 heteroatoms. The van der Waals surface area contributed by atoms with Crippen LogP contribution in [0.4, 0.5) is 19.3 Å². The monoisotopic (exact) mass is 648 g/mol. The van der Waals surface area contributed by atoms with Crippen LogP contribution in [-0.2, 0) is 16.7 Å². The molecule has 3 aliphatic heterocycles. The SMILES string of the molecule is COC(=O)N[C@H]1CCC[C@@H]1[C@](CN1CCC1)(c1cccc(F)c1)C1CCN(CC2CN(c3cc(CN(C)C)c(C#N)cc3F)C2)CC1. The maximum Gasteiger partial charge on any atom is 0.407 e. The number of anilines is 1. The highest BCUT2D eigenvalue weighted by Crippen LogP contribution is 2.51. The molecule has 1 N–H and O–H groups in total. The van der Waals surface area contributed by atoms with Gasteiger partial charge in [-0.2, -0.15) is 5.26 Å². The number of hydrogen-bond acceptors (Lipinski definition) is 7. The smallest absolute Gasteiger partial charge is 0.407 e. The van der Waals surface area contributed by atoms with Crippen LogP contribution in [0, 0.1) is 40.7 Å². The number of benzene rings is 2. The van der Waals surface area contributed by atoms with Crippen molar-refractivity contribution >= 4 is 11.8 Å². The fourth-order valence-electron chi connectivity index (χ4n) is 9.04. The van der Waals surface area contributed by atoms with Crippen molar-refractivity contribution in [2.24, 2.45) is 17.8 Å². The highest BCUT2D eigenvalue weighted by atomic mass is 19.1. The van der Waals surface area contributed by atoms with E-state index in [1.807, 2.05) is 31.1 Å². The summed E-state index contributed by atoms with van der Waals surface area (Å²) < 4.78 is 35.0. The standard InChI is InChI=1S/C37H50F2N6O2/c1-42(2)24-28-18-35(33(39)17-27(28)20-40)45-22-26(23-45)21-43-15-11-29(12-16-43)37(25-44-13-6-14-44,30-7-4-8-31(38)19-30)32-9-5-10-34(32)41-36(46)47-3/h4,7-8,17-19,26,29,32,34H,5-6,9-16,21-25H2,1-3H3,(H,41,46)/t32-,34-,37-/m0/s1. The first kappa shape index (κ1) is 33.6. The minimum atomic E-state index is -0.391. The number of hydrogen-bond donors (Lipinski definition) is 1. The van der Waals surface area contributed by atoms with Gasteiger partial charge in [-0.05, 0) is 120 Å². The summed E-state index contributed by atoms with van der Waals surface area (Å²) in [6.45, 7) is 8.12. The van der Waals surface area contributed by atoms with Gasteiger partial charge in [0.2, 0.25) is 0 Å². The summed E-state index contributed by atoms with van der Waals surface area (Å²) in [5.41, 5.74) is 2.63. The van der Waals surface area contributed by atoms with E-state index in [-0.39, 0.29) is 29.0 Å². The molecule has 2 aromatic rings. The van der Waals surface area contributed by atoms with Crippen LogP contribution in [-0.4, -0.2) is 100 Å². The minimum Gasteiger partial charge on any atom is -0.453 e. The summed E-state index contributed by atoms with van der Waals surface area (Å²) in [7, 11) is 5.32. The van der Waals surface area contributed by atoms with Crippen LogP contribution >= 0.6 is 0 Å². The second-order valence-corrected chi connectivity index (χ2v) is 14.6. The van der Waals surface area contributed by atoms with Gasteiger partial charge in [-0.3, -0.25) is 0 Å². The molecule has 0 aromatic heterocycles. The molecule has 3 heterocycles. The van der Waals surface area contributed by atoms with Gasteiger partial charge >= 0.3 is 6.09 Å². The number of rotatable bonds is 11. The number of piperidine rings is 1. The number of carbonyl (C=O) groups excluding carboxylic acids is 1. The van der Waals surface area contributed by atoms with Crippen LogP contribution < -0.4 is 10.2 Å². The Morgan fingerprint density at radius 1 is 1.04 bits per heavy atom. The largest absolute Gasteiger partial charge is 0.453 e. The van der Waals surface area contributed by atoms with Gasteiger partial charge in [0.1, 0.15) is 11.6 Å². The van der Waals surface area contributed by atoms with Gasteiger partial charge < -0.3 is 29.7 Å². The van der Waals surface area contributed by atoms with Crippen molar-refractivity contribution in [1.29, 1.82) is 5.26 Å². The lowest BCUT2D eigenvalue weighted by molar-refractivity contribution is 0.0223. The van der Waals surface area contributed by atoms with Crippen LogP contribution in [0.3, 0.4) is 0 Å². The Bertz CT molecular complexity index is 1450. The van der Waals surface area contributed by atoms with Crippen molar-refractivity contribution in [3.8, 4) is 6.07 Å². The number of methoxy groups -OCH3 is 1. The first-order valence-corrected chi connectivity index (χ1v) is 17.4. The second kappa shape index (κ2) is 14.5. The van der Waals surface area contributed by atoms with E-state index in [1.165, 1.54) is 25.7 Å². The highest BCUT2D eigenvalue weighted by molar-refractivity contribution is 5.67. The third-order valence-electron chi connectivity index (χ3n) is 11.4. The van der Waals surface area contributed by atoms with Gasteiger partial charge in [-0.1, -0.05) is 18.6 Å². The average molecular weight is 649 g/mol. The van der Waals surface area contributed by atoms with E-state index >= 15 is 4.39 Å². The number of nitrogens with zero attached hydrogens (tertiary/aromatic N) is 5. The Labute approximate surface area is 278 Å². The number of halogens is 2. The summed E-state index contributed by atoms with van der Waals surface area (Å²) in [4.78, 5) is 21.6. The number of ether oxygens (including phenoxy) is 1. The Balaban J connectivity index is 1.16. The number of amides is 1. The van der Waals surface area contributed by atoms with E-state index in [1.54, 1.807) is 6.07 Å². The summed E-state index contributed by atoms with van der Waals surface area (Å²) in [6.07, 6.45) is 5.76. The highest BCUT2D eigenvalue weighted by Gasteiger charge is 2.53. The maximum atomic E-state index is 15.0. The fraction of sp³-hybridized carbons (Fsp3) is 0.622. The molecule has 0 unspecified atom stereocenters. The first-order chi connectivity index (χ1) is 22.7. The fourth-order valence-corrected chi connectivity index (χ4v) is 9.04. The lowest BCUT2D eigenvalue weighted by Gasteiger charge is -2.54. The lowest BCUT2D eigenvalue weighted by Crippen LogP contribution is -2.60. The van der Waals surface area contributed by atoms with E-state index < -0.39 is 6.09 Å². The van der Waals surface area contributed by atoms with Gasteiger partial charge in [0.25, 0.3) is 0 Å². The van der Waals surface area contributed by atoms with Crippen molar-refractivity contribution in [1.82, 2.24) is 20.0 Å². The number of nitrogens with one attached hydrogen (secondary N) is 1. The van der Waals surface area contributed by atoms with Gasteiger partial charge in [-0.15, -0.1) is 0 Å². The second-order valence-electron chi connectivity index (χ2n) is 14.6. The van der Waals surface area contributed by atoms with E-state index in [4.69, 9.17) is 4.74 Å². The molecule has 2 aromatic carbocycles. The molecular formula is C37H50F2N6O2. The number of likely N-dealkylation sites (tertiary alicyclic amines) is 2. The molecule has 0 spiro atoms. The molecule has 0 radical (unpaired) electrons. The maximum absolute atomic E-state index is 15.0. The summed E-state index contributed by atoms with van der Waals surface area (Å²) in [5, 5.41) is 12.7. The molecule has 1 saturated carbocycles. The molecule has 1 aliphatic carbocycles. The first-order valence-electron chi connectivity index (χ1n) is 17.4. The van der Waals surface area contributed by atoms with E-state index in [2.05, 4.69) is 32.2 Å². The molecule has 6 rings (SSSR count). The number of nitriles is 1. The molecule has 47 heavy (non-hydrogen) atoms. The van der Waals surface area contributed by atoms with Crippen molar-refractivity contribution in [2.45, 2.75) is 56.5 Å². The van der Waals surface area contributed by atoms with Crippen LogP contribution in [0.1, 0.15) is 55.2 Å². The Morgan fingerprint density at radius 3 is 2.45 bits per heavy atom. The Kier molecular flexibility index (Phi) is 10.4.